The first-order chi connectivity index (χ1) is 17.0. The van der Waals surface area contributed by atoms with Crippen molar-refractivity contribution in [3.05, 3.63) is 70.8 Å². The van der Waals surface area contributed by atoms with Gasteiger partial charge in [0.05, 0.1) is 11.1 Å². The van der Waals surface area contributed by atoms with Crippen LogP contribution in [0.15, 0.2) is 48.5 Å². The van der Waals surface area contributed by atoms with Gasteiger partial charge in [0.25, 0.3) is 0 Å². The molecule has 2 aromatic rings. The van der Waals surface area contributed by atoms with Gasteiger partial charge in [0.15, 0.2) is 0 Å². The van der Waals surface area contributed by atoms with Crippen molar-refractivity contribution in [2.45, 2.75) is 47.0 Å². The molecule has 0 atom stereocenters. The van der Waals surface area contributed by atoms with E-state index in [1.54, 1.807) is 0 Å². The summed E-state index contributed by atoms with van der Waals surface area (Å²) in [4.78, 5) is 28.9. The number of hydrogen-bond donors (Lipinski definition) is 0. The van der Waals surface area contributed by atoms with Crippen LogP contribution < -0.4 is 0 Å². The van der Waals surface area contributed by atoms with Crippen LogP contribution in [0.3, 0.4) is 0 Å². The molecule has 0 aliphatic heterocycles. The van der Waals surface area contributed by atoms with Crippen molar-refractivity contribution < 1.29 is 19.1 Å². The second-order valence-electron chi connectivity index (χ2n) is 8.57. The highest BCUT2D eigenvalue weighted by atomic mass is 35.5. The standard InChI is InChI=1S/C29H42N2O4.ClH/c1-5-30(6-2)20-22-34-28(32)26-16-12-24(13-17-26)10-9-11-25-14-18-27(19-15-25)29(33)35-23-21-31(7-3)8-4;/h12-19H,5-11,20-23H2,1-4H3;1H. The summed E-state index contributed by atoms with van der Waals surface area (Å²) in [6.07, 6.45) is 2.83. The molecule has 0 aliphatic rings. The van der Waals surface area contributed by atoms with E-state index in [-0.39, 0.29) is 24.3 Å². The lowest BCUT2D eigenvalue weighted by molar-refractivity contribution is 0.0457. The average Bonchev–Trinajstić information content (AvgIpc) is 2.89. The van der Waals surface area contributed by atoms with Gasteiger partial charge in [-0.1, -0.05) is 52.0 Å². The van der Waals surface area contributed by atoms with E-state index in [0.29, 0.717) is 24.3 Å². The molecule has 0 saturated carbocycles. The summed E-state index contributed by atoms with van der Waals surface area (Å²) in [5.74, 6) is -0.536. The van der Waals surface area contributed by atoms with Gasteiger partial charge < -0.3 is 19.3 Å². The van der Waals surface area contributed by atoms with Crippen molar-refractivity contribution in [2.24, 2.45) is 0 Å². The number of ether oxygens (including phenoxy) is 2. The van der Waals surface area contributed by atoms with Crippen LogP contribution in [0.1, 0.15) is 66.0 Å². The SMILES string of the molecule is CCN(CC)CCOC(=O)c1ccc(CCCc2ccc(C(=O)OCCN(CC)CC)cc2)cc1.Cl. The van der Waals surface area contributed by atoms with Crippen molar-refractivity contribution >= 4 is 24.3 Å². The Hall–Kier alpha value is -2.41. The minimum atomic E-state index is -0.268. The highest BCUT2D eigenvalue weighted by Gasteiger charge is 2.10. The van der Waals surface area contributed by atoms with Crippen molar-refractivity contribution in [1.29, 1.82) is 0 Å². The Balaban J connectivity index is 0.00000648. The van der Waals surface area contributed by atoms with Gasteiger partial charge in [0.1, 0.15) is 13.2 Å². The predicted octanol–water partition coefficient (Wildman–Crippen LogP) is 5.28. The molecule has 0 aliphatic carbocycles. The number of hydrogen-bond acceptors (Lipinski definition) is 6. The van der Waals surface area contributed by atoms with Gasteiger partial charge in [0, 0.05) is 13.1 Å². The number of rotatable bonds is 16. The predicted molar refractivity (Wildman–Crippen MR) is 148 cm³/mol. The molecule has 0 amide bonds. The summed E-state index contributed by atoms with van der Waals surface area (Å²) < 4.78 is 10.8. The van der Waals surface area contributed by atoms with Crippen LogP contribution in [0.5, 0.6) is 0 Å². The van der Waals surface area contributed by atoms with E-state index in [4.69, 9.17) is 9.47 Å². The Kier molecular flexibility index (Phi) is 15.7. The van der Waals surface area contributed by atoms with Gasteiger partial charge in [-0.05, 0) is 80.8 Å². The quantitative estimate of drug-likeness (QED) is 0.282. The molecule has 0 radical (unpaired) electrons. The van der Waals surface area contributed by atoms with E-state index in [0.717, 1.165) is 58.5 Å². The van der Waals surface area contributed by atoms with Crippen LogP contribution in [-0.2, 0) is 22.3 Å². The zero-order chi connectivity index (χ0) is 25.5. The number of carbonyl (C=O) groups excluding carboxylic acids is 2. The lowest BCUT2D eigenvalue weighted by atomic mass is 10.0. The molecule has 2 aromatic carbocycles. The first-order valence-electron chi connectivity index (χ1n) is 13.0. The van der Waals surface area contributed by atoms with Crippen molar-refractivity contribution in [1.82, 2.24) is 9.80 Å². The normalized spacial score (nSPS) is 10.8. The largest absolute Gasteiger partial charge is 0.461 e. The maximum Gasteiger partial charge on any atom is 0.338 e. The summed E-state index contributed by atoms with van der Waals surface area (Å²) in [5, 5.41) is 0. The molecule has 200 valence electrons. The Bertz CT molecular complexity index is 806. The molecule has 6 nitrogen and oxygen atoms in total. The molecular formula is C29H43ClN2O4. The van der Waals surface area contributed by atoms with Crippen LogP contribution in [0.2, 0.25) is 0 Å². The van der Waals surface area contributed by atoms with E-state index < -0.39 is 0 Å². The Morgan fingerprint density at radius 1 is 0.611 bits per heavy atom. The van der Waals surface area contributed by atoms with Crippen molar-refractivity contribution in [3.8, 4) is 0 Å². The third-order valence-electron chi connectivity index (χ3n) is 6.38. The van der Waals surface area contributed by atoms with Gasteiger partial charge >= 0.3 is 11.9 Å². The number of halogens is 1. The summed E-state index contributed by atoms with van der Waals surface area (Å²) in [5.41, 5.74) is 3.57. The molecule has 0 unspecified atom stereocenters. The lowest BCUT2D eigenvalue weighted by Gasteiger charge is -2.17. The lowest BCUT2D eigenvalue weighted by Crippen LogP contribution is -2.27. The Morgan fingerprint density at radius 2 is 0.944 bits per heavy atom. The molecule has 0 fully saturated rings. The van der Waals surface area contributed by atoms with Gasteiger partial charge in [-0.3, -0.25) is 0 Å². The third-order valence-corrected chi connectivity index (χ3v) is 6.38. The van der Waals surface area contributed by atoms with Crippen LogP contribution in [0, 0.1) is 0 Å². The number of benzene rings is 2. The van der Waals surface area contributed by atoms with Crippen molar-refractivity contribution in [3.63, 3.8) is 0 Å². The maximum absolute atomic E-state index is 12.2. The fourth-order valence-corrected chi connectivity index (χ4v) is 3.89. The second kappa shape index (κ2) is 17.9. The van der Waals surface area contributed by atoms with Gasteiger partial charge in [-0.15, -0.1) is 12.4 Å². The molecule has 2 rings (SSSR count). The van der Waals surface area contributed by atoms with E-state index in [9.17, 15) is 9.59 Å². The fraction of sp³-hybridized carbons (Fsp3) is 0.517. The van der Waals surface area contributed by atoms with Crippen LogP contribution in [0.25, 0.3) is 0 Å². The summed E-state index contributed by atoms with van der Waals surface area (Å²) in [6, 6.07) is 15.4. The Labute approximate surface area is 223 Å². The van der Waals surface area contributed by atoms with Crippen LogP contribution >= 0.6 is 12.4 Å². The van der Waals surface area contributed by atoms with Gasteiger partial charge in [-0.25, -0.2) is 9.59 Å². The number of carbonyl (C=O) groups is 2. The Morgan fingerprint density at radius 3 is 1.25 bits per heavy atom. The second-order valence-corrected chi connectivity index (χ2v) is 8.57. The van der Waals surface area contributed by atoms with Crippen molar-refractivity contribution in [2.75, 3.05) is 52.5 Å². The number of nitrogens with zero attached hydrogens (tertiary/aromatic N) is 2. The van der Waals surface area contributed by atoms with Gasteiger partial charge in [0.2, 0.25) is 0 Å². The third kappa shape index (κ3) is 11.1. The molecule has 0 bridgehead atoms. The van der Waals surface area contributed by atoms with E-state index in [2.05, 4.69) is 37.5 Å². The first kappa shape index (κ1) is 31.6. The first-order valence-corrected chi connectivity index (χ1v) is 13.0. The van der Waals surface area contributed by atoms with Crippen LogP contribution in [-0.4, -0.2) is 74.2 Å². The minimum absolute atomic E-state index is 0. The number of esters is 2. The average molecular weight is 519 g/mol. The summed E-state index contributed by atoms with van der Waals surface area (Å²) in [7, 11) is 0. The van der Waals surface area contributed by atoms with E-state index in [1.807, 2.05) is 48.5 Å². The summed E-state index contributed by atoms with van der Waals surface area (Å²) >= 11 is 0. The molecule has 0 heterocycles. The monoisotopic (exact) mass is 518 g/mol. The number of likely N-dealkylation sites (N-methyl/N-ethyl adjacent to an activating group) is 2. The van der Waals surface area contributed by atoms with E-state index in [1.165, 1.54) is 11.1 Å². The fourth-order valence-electron chi connectivity index (χ4n) is 3.89. The molecule has 0 spiro atoms. The highest BCUT2D eigenvalue weighted by Crippen LogP contribution is 2.12. The maximum atomic E-state index is 12.2. The molecule has 0 saturated heterocycles. The number of aryl methyl sites for hydroxylation is 2. The zero-order valence-corrected chi connectivity index (χ0v) is 23.1. The molecule has 7 heteroatoms. The molecule has 0 N–H and O–H groups in total. The van der Waals surface area contributed by atoms with E-state index >= 15 is 0 Å². The molecular weight excluding hydrogens is 476 g/mol. The molecule has 36 heavy (non-hydrogen) atoms. The smallest absolute Gasteiger partial charge is 0.338 e. The topological polar surface area (TPSA) is 59.1 Å². The zero-order valence-electron chi connectivity index (χ0n) is 22.3. The molecule has 0 aromatic heterocycles. The van der Waals surface area contributed by atoms with Gasteiger partial charge in [-0.2, -0.15) is 0 Å². The van der Waals surface area contributed by atoms with Crippen LogP contribution in [0.4, 0.5) is 0 Å². The highest BCUT2D eigenvalue weighted by molar-refractivity contribution is 5.89. The summed E-state index contributed by atoms with van der Waals surface area (Å²) in [6.45, 7) is 14.6. The minimum Gasteiger partial charge on any atom is -0.461 e.